The van der Waals surface area contributed by atoms with Crippen molar-refractivity contribution in [2.75, 3.05) is 33.3 Å². The minimum atomic E-state index is -0.604. The number of esters is 1. The Labute approximate surface area is 189 Å². The molecule has 1 fully saturated rings. The lowest BCUT2D eigenvalue weighted by Crippen LogP contribution is -2.51. The number of carbonyl (C=O) groups is 2. The molecule has 0 saturated carbocycles. The van der Waals surface area contributed by atoms with Gasteiger partial charge in [-0.15, -0.1) is 11.3 Å². The fourth-order valence-electron chi connectivity index (χ4n) is 3.66. The molecule has 4 rings (SSSR count). The van der Waals surface area contributed by atoms with Crippen LogP contribution in [-0.2, 0) is 16.6 Å². The van der Waals surface area contributed by atoms with Gasteiger partial charge in [-0.25, -0.2) is 9.78 Å². The molecule has 2 aromatic heterocycles. The molecular weight excluding hydrogens is 438 g/mol. The fourth-order valence-corrected chi connectivity index (χ4v) is 4.67. The Morgan fingerprint density at radius 2 is 1.94 bits per heavy atom. The number of hydrogen-bond acceptors (Lipinski definition) is 7. The maximum Gasteiger partial charge on any atom is 0.327 e. The van der Waals surface area contributed by atoms with Crippen LogP contribution in [0.5, 0.6) is 0 Å². The molecule has 1 aliphatic rings. The molecule has 0 spiro atoms. The third-order valence-electron chi connectivity index (χ3n) is 5.27. The smallest absolute Gasteiger partial charge is 0.327 e. The summed E-state index contributed by atoms with van der Waals surface area (Å²) in [7, 11) is 3.21. The van der Waals surface area contributed by atoms with Crippen molar-refractivity contribution in [3.05, 3.63) is 58.3 Å². The van der Waals surface area contributed by atoms with E-state index in [4.69, 9.17) is 16.3 Å². The van der Waals surface area contributed by atoms with Crippen LogP contribution in [0.1, 0.15) is 22.1 Å². The van der Waals surface area contributed by atoms with E-state index in [0.717, 1.165) is 10.6 Å². The number of aryl methyl sites for hydroxylation is 1. The maximum atomic E-state index is 13.0. The number of halogens is 1. The summed E-state index contributed by atoms with van der Waals surface area (Å²) >= 11 is 7.76. The monoisotopic (exact) mass is 459 g/mol. The first-order valence-corrected chi connectivity index (χ1v) is 11.0. The van der Waals surface area contributed by atoms with Crippen molar-refractivity contribution >= 4 is 34.8 Å². The fraction of sp³-hybridized carbons (Fsp3) is 0.333. The van der Waals surface area contributed by atoms with Crippen LogP contribution in [0.2, 0.25) is 5.02 Å². The molecule has 0 aliphatic carbocycles. The van der Waals surface area contributed by atoms with Gasteiger partial charge in [-0.2, -0.15) is 5.10 Å². The van der Waals surface area contributed by atoms with Crippen LogP contribution < -0.4 is 0 Å². The Morgan fingerprint density at radius 1 is 1.19 bits per heavy atom. The minimum absolute atomic E-state index is 0.113. The quantitative estimate of drug-likeness (QED) is 0.546. The Balaban J connectivity index is 1.45. The van der Waals surface area contributed by atoms with Crippen LogP contribution in [-0.4, -0.2) is 69.7 Å². The molecule has 8 nitrogen and oxygen atoms in total. The molecule has 1 aliphatic heterocycles. The first-order chi connectivity index (χ1) is 15.0. The summed E-state index contributed by atoms with van der Waals surface area (Å²) < 4.78 is 6.73. The second-order valence-corrected chi connectivity index (χ2v) is 8.48. The first kappa shape index (κ1) is 21.5. The van der Waals surface area contributed by atoms with Gasteiger partial charge >= 0.3 is 5.97 Å². The van der Waals surface area contributed by atoms with Crippen molar-refractivity contribution in [2.24, 2.45) is 7.05 Å². The number of methoxy groups -OCH3 is 1. The molecule has 1 aromatic carbocycles. The number of ether oxygens (including phenoxy) is 1. The van der Waals surface area contributed by atoms with Crippen molar-refractivity contribution in [3.63, 3.8) is 0 Å². The van der Waals surface area contributed by atoms with Crippen LogP contribution in [0.25, 0.3) is 10.6 Å². The van der Waals surface area contributed by atoms with Crippen molar-refractivity contribution in [2.45, 2.75) is 6.04 Å². The SMILES string of the molecule is COC(=O)C(c1ccccc1Cl)N1CCN(C(=O)c2csc(-c3cnn(C)c3)n2)CC1. The van der Waals surface area contributed by atoms with Gasteiger partial charge in [-0.3, -0.25) is 14.4 Å². The van der Waals surface area contributed by atoms with E-state index >= 15 is 0 Å². The molecular formula is C21H22ClN5O3S. The first-order valence-electron chi connectivity index (χ1n) is 9.78. The van der Waals surface area contributed by atoms with Crippen LogP contribution in [0.15, 0.2) is 42.0 Å². The third-order valence-corrected chi connectivity index (χ3v) is 6.50. The number of benzene rings is 1. The summed E-state index contributed by atoms with van der Waals surface area (Å²) in [5.74, 6) is -0.480. The summed E-state index contributed by atoms with van der Waals surface area (Å²) in [6.45, 7) is 2.01. The number of carbonyl (C=O) groups excluding carboxylic acids is 2. The summed E-state index contributed by atoms with van der Waals surface area (Å²) in [6, 6.07) is 6.65. The zero-order valence-corrected chi connectivity index (χ0v) is 18.8. The Morgan fingerprint density at radius 3 is 2.58 bits per heavy atom. The molecule has 1 atom stereocenters. The van der Waals surface area contributed by atoms with Crippen LogP contribution >= 0.6 is 22.9 Å². The Bertz CT molecular complexity index is 1090. The number of thiazole rings is 1. The Kier molecular flexibility index (Phi) is 6.35. The lowest BCUT2D eigenvalue weighted by atomic mass is 10.0. The van der Waals surface area contributed by atoms with Gasteiger partial charge in [0.1, 0.15) is 16.7 Å². The maximum absolute atomic E-state index is 13.0. The van der Waals surface area contributed by atoms with Crippen LogP contribution in [0.3, 0.4) is 0 Å². The third kappa shape index (κ3) is 4.48. The molecule has 0 N–H and O–H groups in total. The zero-order valence-electron chi connectivity index (χ0n) is 17.2. The predicted octanol–water partition coefficient (Wildman–Crippen LogP) is 2.87. The second kappa shape index (κ2) is 9.17. The number of aromatic nitrogens is 3. The van der Waals surface area contributed by atoms with E-state index in [9.17, 15) is 9.59 Å². The van der Waals surface area contributed by atoms with Gasteiger partial charge in [0.15, 0.2) is 0 Å². The molecule has 3 aromatic rings. The van der Waals surface area contributed by atoms with Crippen molar-refractivity contribution in [1.29, 1.82) is 0 Å². The van der Waals surface area contributed by atoms with Gasteiger partial charge in [0, 0.05) is 55.4 Å². The van der Waals surface area contributed by atoms with E-state index < -0.39 is 6.04 Å². The van der Waals surface area contributed by atoms with E-state index in [1.54, 1.807) is 27.2 Å². The van der Waals surface area contributed by atoms with Gasteiger partial charge in [-0.05, 0) is 11.6 Å². The zero-order chi connectivity index (χ0) is 22.0. The number of hydrogen-bond donors (Lipinski definition) is 0. The second-order valence-electron chi connectivity index (χ2n) is 7.22. The molecule has 1 saturated heterocycles. The number of nitrogens with zero attached hydrogens (tertiary/aromatic N) is 5. The van der Waals surface area contributed by atoms with E-state index in [0.29, 0.717) is 42.5 Å². The highest BCUT2D eigenvalue weighted by atomic mass is 35.5. The molecule has 1 amide bonds. The van der Waals surface area contributed by atoms with Crippen molar-refractivity contribution in [1.82, 2.24) is 24.6 Å². The van der Waals surface area contributed by atoms with Crippen molar-refractivity contribution < 1.29 is 14.3 Å². The van der Waals surface area contributed by atoms with E-state index in [1.807, 2.05) is 36.3 Å². The van der Waals surface area contributed by atoms with Gasteiger partial charge in [0.2, 0.25) is 0 Å². The van der Waals surface area contributed by atoms with E-state index in [1.165, 1.54) is 18.4 Å². The molecule has 3 heterocycles. The van der Waals surface area contributed by atoms with Crippen LogP contribution in [0, 0.1) is 0 Å². The molecule has 31 heavy (non-hydrogen) atoms. The van der Waals surface area contributed by atoms with E-state index in [2.05, 4.69) is 10.1 Å². The summed E-state index contributed by atoms with van der Waals surface area (Å²) in [6.07, 6.45) is 3.60. The topological polar surface area (TPSA) is 80.6 Å². The lowest BCUT2D eigenvalue weighted by molar-refractivity contribution is -0.148. The summed E-state index contributed by atoms with van der Waals surface area (Å²) in [5.41, 5.74) is 2.02. The number of piperazine rings is 1. The molecule has 1 unspecified atom stereocenters. The number of rotatable bonds is 5. The summed E-state index contributed by atoms with van der Waals surface area (Å²) in [4.78, 5) is 33.7. The predicted molar refractivity (Wildman–Crippen MR) is 118 cm³/mol. The van der Waals surface area contributed by atoms with Gasteiger partial charge < -0.3 is 9.64 Å². The Hall–Kier alpha value is -2.75. The lowest BCUT2D eigenvalue weighted by Gasteiger charge is -2.38. The molecule has 10 heteroatoms. The number of amides is 1. The molecule has 0 bridgehead atoms. The average molecular weight is 460 g/mol. The highest BCUT2D eigenvalue weighted by molar-refractivity contribution is 7.13. The molecule has 0 radical (unpaired) electrons. The highest BCUT2D eigenvalue weighted by Crippen LogP contribution is 2.30. The molecule has 162 valence electrons. The van der Waals surface area contributed by atoms with Crippen LogP contribution in [0.4, 0.5) is 0 Å². The van der Waals surface area contributed by atoms with Gasteiger partial charge in [-0.1, -0.05) is 29.8 Å². The average Bonchev–Trinajstić information content (AvgIpc) is 3.44. The van der Waals surface area contributed by atoms with Gasteiger partial charge in [0.05, 0.1) is 13.3 Å². The highest BCUT2D eigenvalue weighted by Gasteiger charge is 2.34. The standard InChI is InChI=1S/C21H22ClN5O3S/c1-25-12-14(11-23-25)19-24-17(13-31-19)20(28)27-9-7-26(8-10-27)18(21(29)30-2)15-5-3-4-6-16(15)22/h3-6,11-13,18H,7-10H2,1-2H3. The minimum Gasteiger partial charge on any atom is -0.468 e. The van der Waals surface area contributed by atoms with E-state index in [-0.39, 0.29) is 11.9 Å². The summed E-state index contributed by atoms with van der Waals surface area (Å²) in [5, 5.41) is 7.20. The van der Waals surface area contributed by atoms with Crippen molar-refractivity contribution in [3.8, 4) is 10.6 Å². The normalized spacial score (nSPS) is 15.6. The van der Waals surface area contributed by atoms with Gasteiger partial charge in [0.25, 0.3) is 5.91 Å². The largest absolute Gasteiger partial charge is 0.468 e.